The molecule has 416 valence electrons. The first-order valence-electron chi connectivity index (χ1n) is 25.5. The number of carbonyl (C=O) groups is 8. The highest BCUT2D eigenvalue weighted by Gasteiger charge is 2.39. The number of nitrogens with two attached hydrogens (primary N) is 1. The van der Waals surface area contributed by atoms with Crippen LogP contribution in [-0.2, 0) is 41.9 Å². The van der Waals surface area contributed by atoms with E-state index in [-0.39, 0.29) is 80.8 Å². The summed E-state index contributed by atoms with van der Waals surface area (Å²) in [6.45, 7) is 12.4. The molecule has 4 aromatic rings. The van der Waals surface area contributed by atoms with E-state index in [0.717, 1.165) is 35.1 Å². The summed E-state index contributed by atoms with van der Waals surface area (Å²) in [5.41, 5.74) is 5.90. The van der Waals surface area contributed by atoms with Gasteiger partial charge in [0.05, 0.1) is 24.7 Å². The average molecular weight is 1070 g/mol. The summed E-state index contributed by atoms with van der Waals surface area (Å²) in [7, 11) is 1.50. The Morgan fingerprint density at radius 2 is 1.51 bits per heavy atom. The number of aromatic nitrogens is 3. The number of alkyl carbamates (subject to hydrolysis) is 1. The maximum atomic E-state index is 15.0. The van der Waals surface area contributed by atoms with Crippen molar-refractivity contribution in [1.82, 2.24) is 51.1 Å². The molecule has 10 amide bonds. The van der Waals surface area contributed by atoms with Crippen LogP contribution in [0.15, 0.2) is 84.9 Å². The van der Waals surface area contributed by atoms with E-state index in [1.165, 1.54) is 19.2 Å². The Balaban J connectivity index is 0.00000171. The van der Waals surface area contributed by atoms with Crippen molar-refractivity contribution in [3.8, 4) is 11.4 Å². The molecule has 1 aliphatic heterocycles. The molecule has 0 radical (unpaired) electrons. The third kappa shape index (κ3) is 20.1. The number of ether oxygens (including phenoxy) is 1. The summed E-state index contributed by atoms with van der Waals surface area (Å²) >= 11 is 0. The fourth-order valence-electron chi connectivity index (χ4n) is 7.92. The van der Waals surface area contributed by atoms with Gasteiger partial charge in [0.15, 0.2) is 11.6 Å². The minimum absolute atomic E-state index is 0.0336. The molecule has 2 atom stereocenters. The van der Waals surface area contributed by atoms with Crippen molar-refractivity contribution in [3.63, 3.8) is 0 Å². The quantitative estimate of drug-likeness (QED) is 0.0296. The molecule has 8 N–H and O–H groups in total. The van der Waals surface area contributed by atoms with Gasteiger partial charge in [0.2, 0.25) is 17.7 Å². The SMILES string of the molecule is CCCNC(N)=O.CNC(=O)N(CCCNC(=O)OCc1ccc(NC(=O)CNC(=O)C(NC(=O)CCCCCN2C(=O)C=CC2=O)C(C)C)cc1)C(c1nc(-c2cc(F)ccc2F)nn1Cc1ccccc1)C(C)(C)C. The van der Waals surface area contributed by atoms with Crippen LogP contribution < -0.4 is 37.6 Å². The normalized spacial score (nSPS) is 12.7. The molecule has 2 heterocycles. The average Bonchev–Trinajstić information content (AvgIpc) is 3.94. The second-order valence-electron chi connectivity index (χ2n) is 19.4. The largest absolute Gasteiger partial charge is 0.445 e. The highest BCUT2D eigenvalue weighted by atomic mass is 19.1. The number of primary amides is 1. The van der Waals surface area contributed by atoms with Gasteiger partial charge in [0, 0.05) is 57.5 Å². The molecule has 77 heavy (non-hydrogen) atoms. The van der Waals surface area contributed by atoms with Crippen molar-refractivity contribution in [3.05, 3.63) is 114 Å². The fourth-order valence-corrected chi connectivity index (χ4v) is 7.92. The highest BCUT2D eigenvalue weighted by molar-refractivity contribution is 6.12. The Kier molecular flexibility index (Phi) is 24.2. The number of hydrogen-bond donors (Lipinski definition) is 7. The highest BCUT2D eigenvalue weighted by Crippen LogP contribution is 2.39. The van der Waals surface area contributed by atoms with Crippen LogP contribution in [0.4, 0.5) is 28.9 Å². The second kappa shape index (κ2) is 30.3. The summed E-state index contributed by atoms with van der Waals surface area (Å²) in [6.07, 6.45) is 4.81. The van der Waals surface area contributed by atoms with Gasteiger partial charge in [0.1, 0.15) is 24.3 Å². The van der Waals surface area contributed by atoms with Crippen LogP contribution in [0, 0.1) is 23.0 Å². The molecule has 2 unspecified atom stereocenters. The van der Waals surface area contributed by atoms with Crippen LogP contribution >= 0.6 is 0 Å². The molecular weight excluding hydrogens is 999 g/mol. The summed E-state index contributed by atoms with van der Waals surface area (Å²) in [6, 6.07) is 16.6. The summed E-state index contributed by atoms with van der Waals surface area (Å²) < 4.78 is 36.4. The van der Waals surface area contributed by atoms with E-state index >= 15 is 4.39 Å². The number of unbranched alkanes of at least 4 members (excludes halogenated alkanes) is 2. The molecule has 3 aromatic carbocycles. The van der Waals surface area contributed by atoms with Gasteiger partial charge >= 0.3 is 18.2 Å². The molecule has 0 spiro atoms. The predicted octanol–water partition coefficient (Wildman–Crippen LogP) is 6.06. The van der Waals surface area contributed by atoms with Gasteiger partial charge in [-0.1, -0.05) is 90.4 Å². The van der Waals surface area contributed by atoms with Gasteiger partial charge in [0.25, 0.3) is 11.8 Å². The van der Waals surface area contributed by atoms with Gasteiger partial charge in [-0.15, -0.1) is 0 Å². The molecule has 0 aliphatic carbocycles. The van der Waals surface area contributed by atoms with E-state index in [0.29, 0.717) is 49.3 Å². The van der Waals surface area contributed by atoms with Gasteiger partial charge < -0.3 is 47.3 Å². The first-order chi connectivity index (χ1) is 36.6. The Labute approximate surface area is 447 Å². The fraction of sp³-hybridized carbons (Fsp3) is 0.444. The lowest BCUT2D eigenvalue weighted by Gasteiger charge is -2.39. The lowest BCUT2D eigenvalue weighted by molar-refractivity contribution is -0.137. The Bertz CT molecular complexity index is 2660. The first-order valence-corrected chi connectivity index (χ1v) is 25.5. The number of amides is 10. The van der Waals surface area contributed by atoms with Crippen molar-refractivity contribution in [1.29, 1.82) is 0 Å². The smallest absolute Gasteiger partial charge is 0.407 e. The summed E-state index contributed by atoms with van der Waals surface area (Å²) in [5, 5.41) is 20.4. The van der Waals surface area contributed by atoms with E-state index in [4.69, 9.17) is 15.5 Å². The Morgan fingerprint density at radius 3 is 2.12 bits per heavy atom. The molecule has 0 saturated heterocycles. The van der Waals surface area contributed by atoms with Crippen molar-refractivity contribution in [2.24, 2.45) is 17.1 Å². The van der Waals surface area contributed by atoms with Gasteiger partial charge in [-0.2, -0.15) is 5.10 Å². The monoisotopic (exact) mass is 1070 g/mol. The zero-order chi connectivity index (χ0) is 56.7. The molecule has 0 fully saturated rings. The Hall–Kier alpha value is -8.24. The number of anilines is 1. The van der Waals surface area contributed by atoms with Crippen molar-refractivity contribution < 1.29 is 51.9 Å². The van der Waals surface area contributed by atoms with Crippen LogP contribution in [0.5, 0.6) is 0 Å². The number of benzene rings is 3. The lowest BCUT2D eigenvalue weighted by Crippen LogP contribution is -2.51. The molecule has 0 bridgehead atoms. The van der Waals surface area contributed by atoms with Crippen LogP contribution in [0.2, 0.25) is 0 Å². The van der Waals surface area contributed by atoms with E-state index in [2.05, 4.69) is 37.0 Å². The van der Waals surface area contributed by atoms with E-state index in [9.17, 15) is 42.7 Å². The molecule has 5 rings (SSSR count). The third-order valence-corrected chi connectivity index (χ3v) is 11.8. The van der Waals surface area contributed by atoms with Gasteiger partial charge in [-0.05, 0) is 78.5 Å². The topological polar surface area (TPSA) is 281 Å². The van der Waals surface area contributed by atoms with Gasteiger partial charge in [-0.3, -0.25) is 28.9 Å². The number of urea groups is 2. The van der Waals surface area contributed by atoms with Crippen molar-refractivity contribution in [2.45, 2.75) is 105 Å². The molecular formula is C54H72F2N12O9. The zero-order valence-corrected chi connectivity index (χ0v) is 44.8. The molecule has 1 aliphatic rings. The number of rotatable bonds is 25. The van der Waals surface area contributed by atoms with Crippen LogP contribution in [0.3, 0.4) is 0 Å². The zero-order valence-electron chi connectivity index (χ0n) is 44.8. The second-order valence-corrected chi connectivity index (χ2v) is 19.4. The van der Waals surface area contributed by atoms with Crippen molar-refractivity contribution >= 4 is 53.4 Å². The van der Waals surface area contributed by atoms with Crippen LogP contribution in [-0.4, -0.2) is 118 Å². The predicted molar refractivity (Wildman–Crippen MR) is 284 cm³/mol. The van der Waals surface area contributed by atoms with E-state index in [1.807, 2.05) is 58.0 Å². The number of imide groups is 1. The minimum Gasteiger partial charge on any atom is -0.445 e. The molecule has 23 heteroatoms. The number of carbonyl (C=O) groups excluding carboxylic acids is 8. The van der Waals surface area contributed by atoms with Crippen LogP contribution in [0.1, 0.15) is 103 Å². The lowest BCUT2D eigenvalue weighted by atomic mass is 9.84. The number of nitrogens with one attached hydrogen (secondary N) is 6. The summed E-state index contributed by atoms with van der Waals surface area (Å²) in [5.74, 6) is -3.34. The van der Waals surface area contributed by atoms with E-state index in [1.54, 1.807) is 47.7 Å². The number of halogens is 2. The maximum absolute atomic E-state index is 15.0. The van der Waals surface area contributed by atoms with Crippen molar-refractivity contribution in [2.75, 3.05) is 45.1 Å². The number of nitrogens with zero attached hydrogens (tertiary/aromatic N) is 5. The van der Waals surface area contributed by atoms with Crippen LogP contribution in [0.25, 0.3) is 11.4 Å². The Morgan fingerprint density at radius 1 is 0.818 bits per heavy atom. The van der Waals surface area contributed by atoms with E-state index < -0.39 is 59.1 Å². The molecule has 21 nitrogen and oxygen atoms in total. The minimum atomic E-state index is -0.872. The van der Waals surface area contributed by atoms with Gasteiger partial charge in [-0.25, -0.2) is 32.8 Å². The first kappa shape index (κ1) is 61.3. The molecule has 0 saturated carbocycles. The number of hydrogen-bond acceptors (Lipinski definition) is 11. The molecule has 1 aromatic heterocycles. The summed E-state index contributed by atoms with van der Waals surface area (Å²) in [4.78, 5) is 105. The third-order valence-electron chi connectivity index (χ3n) is 11.8. The standard InChI is InChI=1S/C50H62F2N10O8.C4H10N2O/c1-32(2)43(57-39(63)16-11-8-12-26-60-41(65)23-24-42(60)66)47(67)55-29-40(64)56-36-20-17-34(18-21-36)31-70-49(69)54-25-13-27-61(48(68)53-6)44(50(3,4)5)46-58-45(37-28-35(51)19-22-38(37)52)59-62(46)30-33-14-9-7-10-15-33;1-2-3-6-4(5)7/h7,9-10,14-15,17-24,28,32,43-44H,8,11-13,16,25-27,29-31H2,1-6H3,(H,53,68)(H,54,69)(H,55,67)(H,56,64)(H,57,63);2-3H2,1H3,(H3,5,6,7). The maximum Gasteiger partial charge on any atom is 0.407 e.